The lowest BCUT2D eigenvalue weighted by molar-refractivity contribution is 0.312. The lowest BCUT2D eigenvalue weighted by atomic mass is 9.96. The van der Waals surface area contributed by atoms with Crippen molar-refractivity contribution in [1.29, 1.82) is 5.26 Å². The molecule has 0 amide bonds. The molecule has 4 nitrogen and oxygen atoms in total. The highest BCUT2D eigenvalue weighted by molar-refractivity contribution is 7.98. The highest BCUT2D eigenvalue weighted by Crippen LogP contribution is 2.37. The number of rotatable bonds is 4. The van der Waals surface area contributed by atoms with E-state index in [1.54, 1.807) is 11.8 Å². The molecule has 0 radical (unpaired) electrons. The number of fused-ring (bicyclic) bond motifs is 1. The Bertz CT molecular complexity index is 935. The second-order valence-corrected chi connectivity index (χ2v) is 9.18. The maximum atomic E-state index is 9.91. The number of benzene rings is 1. The van der Waals surface area contributed by atoms with Crippen molar-refractivity contribution < 1.29 is 0 Å². The van der Waals surface area contributed by atoms with Gasteiger partial charge in [0.2, 0.25) is 0 Å². The first-order chi connectivity index (χ1) is 13.6. The molecule has 4 rings (SSSR count). The molecule has 0 spiro atoms. The summed E-state index contributed by atoms with van der Waals surface area (Å²) in [5.41, 5.74) is 4.25. The molecule has 3 heterocycles. The van der Waals surface area contributed by atoms with Crippen LogP contribution in [0.2, 0.25) is 10.0 Å². The molecule has 0 aliphatic carbocycles. The molecule has 7 heteroatoms. The molecule has 2 aliphatic rings. The van der Waals surface area contributed by atoms with E-state index in [1.165, 1.54) is 24.0 Å². The maximum absolute atomic E-state index is 9.91. The van der Waals surface area contributed by atoms with Crippen LogP contribution in [0.25, 0.3) is 0 Å². The van der Waals surface area contributed by atoms with Crippen molar-refractivity contribution in [1.82, 2.24) is 9.88 Å². The molecule has 2 aromatic rings. The zero-order valence-electron chi connectivity index (χ0n) is 15.8. The second-order valence-electron chi connectivity index (χ2n) is 7.40. The van der Waals surface area contributed by atoms with Gasteiger partial charge in [-0.05, 0) is 49.6 Å². The van der Waals surface area contributed by atoms with Gasteiger partial charge >= 0.3 is 0 Å². The van der Waals surface area contributed by atoms with Crippen LogP contribution in [0.4, 0.5) is 5.82 Å². The van der Waals surface area contributed by atoms with Gasteiger partial charge in [0, 0.05) is 37.5 Å². The van der Waals surface area contributed by atoms with Gasteiger partial charge in [0.15, 0.2) is 0 Å². The van der Waals surface area contributed by atoms with E-state index in [-0.39, 0.29) is 0 Å². The third kappa shape index (κ3) is 3.97. The van der Waals surface area contributed by atoms with Gasteiger partial charge in [-0.1, -0.05) is 29.3 Å². The van der Waals surface area contributed by atoms with Gasteiger partial charge in [-0.15, -0.1) is 11.8 Å². The largest absolute Gasteiger partial charge is 0.356 e. The van der Waals surface area contributed by atoms with E-state index < -0.39 is 0 Å². The van der Waals surface area contributed by atoms with E-state index in [4.69, 9.17) is 28.2 Å². The summed E-state index contributed by atoms with van der Waals surface area (Å²) >= 11 is 13.8. The van der Waals surface area contributed by atoms with E-state index >= 15 is 0 Å². The molecule has 28 heavy (non-hydrogen) atoms. The van der Waals surface area contributed by atoms with Crippen LogP contribution in [-0.4, -0.2) is 36.6 Å². The van der Waals surface area contributed by atoms with Crippen LogP contribution in [0.3, 0.4) is 0 Å². The van der Waals surface area contributed by atoms with Gasteiger partial charge < -0.3 is 9.80 Å². The molecule has 0 N–H and O–H groups in total. The molecule has 1 fully saturated rings. The van der Waals surface area contributed by atoms with E-state index in [1.807, 2.05) is 18.2 Å². The predicted octanol–water partition coefficient (Wildman–Crippen LogP) is 5.14. The Labute approximate surface area is 180 Å². The van der Waals surface area contributed by atoms with Gasteiger partial charge in [0.1, 0.15) is 16.9 Å². The molecular formula is C21H22Cl2N4S. The van der Waals surface area contributed by atoms with E-state index in [0.29, 0.717) is 15.8 Å². The van der Waals surface area contributed by atoms with Gasteiger partial charge in [0.25, 0.3) is 0 Å². The summed E-state index contributed by atoms with van der Waals surface area (Å²) in [5, 5.41) is 11.8. The summed E-state index contributed by atoms with van der Waals surface area (Å²) in [6.45, 7) is 3.93. The molecule has 0 atom stereocenters. The van der Waals surface area contributed by atoms with Gasteiger partial charge in [-0.2, -0.15) is 5.26 Å². The Morgan fingerprint density at radius 1 is 1.14 bits per heavy atom. The summed E-state index contributed by atoms with van der Waals surface area (Å²) in [6.07, 6.45) is 3.31. The molecule has 146 valence electrons. The minimum Gasteiger partial charge on any atom is -0.356 e. The lowest BCUT2D eigenvalue weighted by Gasteiger charge is -2.31. The van der Waals surface area contributed by atoms with Crippen molar-refractivity contribution in [3.05, 3.63) is 50.5 Å². The average Bonchev–Trinajstić information content (AvgIpc) is 3.22. The zero-order chi connectivity index (χ0) is 19.7. The van der Waals surface area contributed by atoms with Crippen LogP contribution in [0.5, 0.6) is 0 Å². The zero-order valence-corrected chi connectivity index (χ0v) is 18.2. The highest BCUT2D eigenvalue weighted by atomic mass is 35.5. The number of pyridine rings is 1. The first-order valence-electron chi connectivity index (χ1n) is 9.53. The molecule has 0 unspecified atom stereocenters. The molecule has 1 aromatic carbocycles. The van der Waals surface area contributed by atoms with Crippen molar-refractivity contribution in [3.63, 3.8) is 0 Å². The second kappa shape index (κ2) is 8.51. The predicted molar refractivity (Wildman–Crippen MR) is 116 cm³/mol. The average molecular weight is 433 g/mol. The van der Waals surface area contributed by atoms with Crippen molar-refractivity contribution >= 4 is 40.8 Å². The normalized spacial score (nSPS) is 16.9. The number of halogens is 2. The summed E-state index contributed by atoms with van der Waals surface area (Å²) < 4.78 is 0. The fourth-order valence-electron chi connectivity index (χ4n) is 3.92. The molecule has 1 aromatic heterocycles. The number of hydrogen-bond donors (Lipinski definition) is 0. The minimum atomic E-state index is 0.555. The summed E-state index contributed by atoms with van der Waals surface area (Å²) in [4.78, 5) is 9.71. The quantitative estimate of drug-likeness (QED) is 0.625. The van der Waals surface area contributed by atoms with E-state index in [0.717, 1.165) is 54.6 Å². The number of aromatic nitrogens is 1. The van der Waals surface area contributed by atoms with Crippen LogP contribution in [0.15, 0.2) is 23.2 Å². The number of nitriles is 1. The van der Waals surface area contributed by atoms with E-state index in [9.17, 15) is 5.26 Å². The number of hydrogen-bond acceptors (Lipinski definition) is 5. The number of likely N-dealkylation sites (N-methyl/N-ethyl adjacent to an activating group) is 1. The minimum absolute atomic E-state index is 0.555. The van der Waals surface area contributed by atoms with Gasteiger partial charge in [0.05, 0.1) is 15.6 Å². The van der Waals surface area contributed by atoms with Crippen LogP contribution in [-0.2, 0) is 18.7 Å². The summed E-state index contributed by atoms with van der Waals surface area (Å²) in [5.74, 6) is 1.78. The Balaban J connectivity index is 1.70. The molecule has 2 aliphatic heterocycles. The van der Waals surface area contributed by atoms with Gasteiger partial charge in [-0.25, -0.2) is 4.98 Å². The SMILES string of the molecule is CN1CCc2c(C#N)c(SCc3ccc(Cl)c(Cl)c3)nc(N3CCCC3)c2C1. The Hall–Kier alpha value is -1.45. The Kier molecular flexibility index (Phi) is 6.03. The van der Waals surface area contributed by atoms with Crippen LogP contribution >= 0.6 is 35.0 Å². The molecule has 0 saturated carbocycles. The molecular weight excluding hydrogens is 411 g/mol. The lowest BCUT2D eigenvalue weighted by Crippen LogP contribution is -2.31. The maximum Gasteiger partial charge on any atom is 0.134 e. The van der Waals surface area contributed by atoms with Crippen molar-refractivity contribution in [2.45, 2.75) is 36.6 Å². The number of thioether (sulfide) groups is 1. The first-order valence-corrected chi connectivity index (χ1v) is 11.3. The Morgan fingerprint density at radius 3 is 2.64 bits per heavy atom. The van der Waals surface area contributed by atoms with E-state index in [2.05, 4.69) is 22.9 Å². The fourth-order valence-corrected chi connectivity index (χ4v) is 5.19. The van der Waals surface area contributed by atoms with Crippen molar-refractivity contribution in [2.75, 3.05) is 31.6 Å². The topological polar surface area (TPSA) is 43.2 Å². The molecule has 0 bridgehead atoms. The standard InChI is InChI=1S/C21H22Cl2N4S/c1-26-9-6-15-16(11-24)21(28-13-14-4-5-18(22)19(23)10-14)25-20(17(15)12-26)27-7-2-3-8-27/h4-5,10H,2-3,6-9,12-13H2,1H3. The highest BCUT2D eigenvalue weighted by Gasteiger charge is 2.28. The van der Waals surface area contributed by atoms with Crippen LogP contribution in [0.1, 0.15) is 35.1 Å². The van der Waals surface area contributed by atoms with Crippen LogP contribution < -0.4 is 4.90 Å². The van der Waals surface area contributed by atoms with Crippen molar-refractivity contribution in [3.8, 4) is 6.07 Å². The smallest absolute Gasteiger partial charge is 0.134 e. The monoisotopic (exact) mass is 432 g/mol. The van der Waals surface area contributed by atoms with Crippen LogP contribution in [0, 0.1) is 11.3 Å². The molecule has 1 saturated heterocycles. The third-order valence-corrected chi connectivity index (χ3v) is 7.19. The fraction of sp³-hybridized carbons (Fsp3) is 0.429. The third-order valence-electron chi connectivity index (χ3n) is 5.41. The summed E-state index contributed by atoms with van der Waals surface area (Å²) in [7, 11) is 2.13. The number of anilines is 1. The summed E-state index contributed by atoms with van der Waals surface area (Å²) in [6, 6.07) is 8.12. The first kappa shape index (κ1) is 19.8. The number of nitrogens with zero attached hydrogens (tertiary/aromatic N) is 4. The van der Waals surface area contributed by atoms with Crippen molar-refractivity contribution in [2.24, 2.45) is 0 Å². The Morgan fingerprint density at radius 2 is 1.93 bits per heavy atom. The van der Waals surface area contributed by atoms with Gasteiger partial charge in [-0.3, -0.25) is 0 Å².